The van der Waals surface area contributed by atoms with Gasteiger partial charge in [0.2, 0.25) is 0 Å². The van der Waals surface area contributed by atoms with Gasteiger partial charge in [-0.1, -0.05) is 27.7 Å². The summed E-state index contributed by atoms with van der Waals surface area (Å²) in [4.78, 5) is 8.81. The number of halogens is 1. The Balaban J connectivity index is 0.00000324. The summed E-state index contributed by atoms with van der Waals surface area (Å²) in [6.07, 6.45) is 1.09. The van der Waals surface area contributed by atoms with Crippen molar-refractivity contribution in [3.63, 3.8) is 0 Å². The Labute approximate surface area is 137 Å². The van der Waals surface area contributed by atoms with Gasteiger partial charge in [-0.2, -0.15) is 0 Å². The molecule has 0 bridgehead atoms. The van der Waals surface area contributed by atoms with Crippen molar-refractivity contribution in [3.8, 4) is 0 Å². The molecule has 1 aromatic heterocycles. The van der Waals surface area contributed by atoms with Crippen molar-refractivity contribution in [1.29, 1.82) is 0 Å². The minimum absolute atomic E-state index is 0. The number of thiazole rings is 1. The van der Waals surface area contributed by atoms with Gasteiger partial charge in [0.15, 0.2) is 5.96 Å². The lowest BCUT2D eigenvalue weighted by molar-refractivity contribution is 0.570. The van der Waals surface area contributed by atoms with Crippen LogP contribution in [0.2, 0.25) is 0 Å². The van der Waals surface area contributed by atoms with Crippen molar-refractivity contribution in [2.24, 2.45) is 4.99 Å². The second-order valence-electron chi connectivity index (χ2n) is 5.23. The molecule has 4 nitrogen and oxygen atoms in total. The molecule has 1 rings (SSSR count). The first kappa shape index (κ1) is 18.6. The van der Waals surface area contributed by atoms with Crippen molar-refractivity contribution < 1.29 is 0 Å². The Bertz CT molecular complexity index is 396. The fourth-order valence-electron chi connectivity index (χ4n) is 1.36. The molecular weight excluding hydrogens is 371 g/mol. The monoisotopic (exact) mass is 396 g/mol. The van der Waals surface area contributed by atoms with E-state index in [1.807, 2.05) is 0 Å². The Hall–Kier alpha value is -0.370. The van der Waals surface area contributed by atoms with Crippen molar-refractivity contribution in [2.45, 2.75) is 46.1 Å². The molecule has 0 atom stereocenters. The zero-order valence-corrected chi connectivity index (χ0v) is 15.6. The van der Waals surface area contributed by atoms with Crippen LogP contribution < -0.4 is 10.6 Å². The van der Waals surface area contributed by atoms with Gasteiger partial charge in [-0.05, 0) is 6.42 Å². The third-order valence-electron chi connectivity index (χ3n) is 2.49. The second-order valence-corrected chi connectivity index (χ2v) is 6.17. The van der Waals surface area contributed by atoms with E-state index in [1.54, 1.807) is 18.4 Å². The fraction of sp³-hybridized carbons (Fsp3) is 0.692. The standard InChI is InChI=1S/C13H24N4S.HI/c1-6-7-15-12(14-5)16-8-11-17-10(9-18-11)13(2,3)4;/h9H,6-8H2,1-5H3,(H2,14,15,16);1H. The van der Waals surface area contributed by atoms with Crippen LogP contribution in [-0.2, 0) is 12.0 Å². The summed E-state index contributed by atoms with van der Waals surface area (Å²) in [7, 11) is 1.79. The van der Waals surface area contributed by atoms with Gasteiger partial charge < -0.3 is 10.6 Å². The van der Waals surface area contributed by atoms with E-state index in [4.69, 9.17) is 0 Å². The zero-order valence-electron chi connectivity index (χ0n) is 12.4. The average molecular weight is 396 g/mol. The molecule has 1 heterocycles. The van der Waals surface area contributed by atoms with E-state index in [0.717, 1.165) is 36.2 Å². The van der Waals surface area contributed by atoms with Gasteiger partial charge in [0.1, 0.15) is 5.01 Å². The topological polar surface area (TPSA) is 49.3 Å². The summed E-state index contributed by atoms with van der Waals surface area (Å²) in [5, 5.41) is 9.75. The number of aromatic nitrogens is 1. The summed E-state index contributed by atoms with van der Waals surface area (Å²) in [6, 6.07) is 0. The molecule has 0 aliphatic heterocycles. The summed E-state index contributed by atoms with van der Waals surface area (Å²) >= 11 is 1.70. The molecule has 0 unspecified atom stereocenters. The maximum atomic E-state index is 4.64. The first-order valence-electron chi connectivity index (χ1n) is 6.36. The smallest absolute Gasteiger partial charge is 0.191 e. The molecule has 0 saturated heterocycles. The third-order valence-corrected chi connectivity index (χ3v) is 3.34. The number of aliphatic imine (C=N–C) groups is 1. The van der Waals surface area contributed by atoms with Gasteiger partial charge >= 0.3 is 0 Å². The van der Waals surface area contributed by atoms with E-state index in [-0.39, 0.29) is 29.4 Å². The zero-order chi connectivity index (χ0) is 13.6. The maximum Gasteiger partial charge on any atom is 0.191 e. The molecule has 0 radical (unpaired) electrons. The van der Waals surface area contributed by atoms with Crippen LogP contribution in [0.1, 0.15) is 44.8 Å². The van der Waals surface area contributed by atoms with Crippen LogP contribution in [0.15, 0.2) is 10.4 Å². The molecule has 0 spiro atoms. The van der Waals surface area contributed by atoms with Crippen molar-refractivity contribution in [2.75, 3.05) is 13.6 Å². The number of rotatable bonds is 4. The van der Waals surface area contributed by atoms with Crippen LogP contribution in [0.25, 0.3) is 0 Å². The lowest BCUT2D eigenvalue weighted by atomic mass is 9.93. The highest BCUT2D eigenvalue weighted by Crippen LogP contribution is 2.23. The predicted molar refractivity (Wildman–Crippen MR) is 94.7 cm³/mol. The lowest BCUT2D eigenvalue weighted by Crippen LogP contribution is -2.37. The van der Waals surface area contributed by atoms with E-state index in [2.05, 4.69) is 53.7 Å². The number of nitrogens with zero attached hydrogens (tertiary/aromatic N) is 2. The average Bonchev–Trinajstić information content (AvgIpc) is 2.78. The van der Waals surface area contributed by atoms with Crippen LogP contribution in [0.3, 0.4) is 0 Å². The van der Waals surface area contributed by atoms with Gasteiger partial charge in [0, 0.05) is 24.4 Å². The van der Waals surface area contributed by atoms with Gasteiger partial charge in [0.05, 0.1) is 12.2 Å². The highest BCUT2D eigenvalue weighted by molar-refractivity contribution is 14.0. The molecule has 0 aliphatic rings. The fourth-order valence-corrected chi connectivity index (χ4v) is 2.32. The Morgan fingerprint density at radius 1 is 1.37 bits per heavy atom. The highest BCUT2D eigenvalue weighted by atomic mass is 127. The molecule has 0 aliphatic carbocycles. The first-order chi connectivity index (χ1) is 8.47. The van der Waals surface area contributed by atoms with E-state index >= 15 is 0 Å². The number of hydrogen-bond donors (Lipinski definition) is 2. The lowest BCUT2D eigenvalue weighted by Gasteiger charge is -2.14. The summed E-state index contributed by atoms with van der Waals surface area (Å²) in [5.41, 5.74) is 1.28. The summed E-state index contributed by atoms with van der Waals surface area (Å²) < 4.78 is 0. The van der Waals surface area contributed by atoms with Gasteiger partial charge in [-0.25, -0.2) is 4.98 Å². The number of hydrogen-bond acceptors (Lipinski definition) is 3. The van der Waals surface area contributed by atoms with Crippen LogP contribution in [0, 0.1) is 0 Å². The van der Waals surface area contributed by atoms with E-state index < -0.39 is 0 Å². The Morgan fingerprint density at radius 3 is 2.53 bits per heavy atom. The van der Waals surface area contributed by atoms with Crippen LogP contribution in [0.4, 0.5) is 0 Å². The van der Waals surface area contributed by atoms with Crippen LogP contribution in [0.5, 0.6) is 0 Å². The number of nitrogens with one attached hydrogen (secondary N) is 2. The Kier molecular flexibility index (Phi) is 8.56. The van der Waals surface area contributed by atoms with E-state index in [9.17, 15) is 0 Å². The van der Waals surface area contributed by atoms with Crippen LogP contribution >= 0.6 is 35.3 Å². The molecule has 110 valence electrons. The minimum Gasteiger partial charge on any atom is -0.356 e. The third kappa shape index (κ3) is 6.56. The molecule has 0 saturated carbocycles. The molecule has 0 amide bonds. The normalized spacial score (nSPS) is 11.9. The second kappa shape index (κ2) is 8.73. The van der Waals surface area contributed by atoms with Crippen molar-refractivity contribution >= 4 is 41.3 Å². The number of guanidine groups is 1. The Morgan fingerprint density at radius 2 is 2.05 bits per heavy atom. The molecule has 0 fully saturated rings. The predicted octanol–water partition coefficient (Wildman–Crippen LogP) is 3.13. The summed E-state index contributed by atoms with van der Waals surface area (Å²) in [5.74, 6) is 0.837. The molecular formula is C13H25IN4S. The summed E-state index contributed by atoms with van der Waals surface area (Å²) in [6.45, 7) is 10.3. The van der Waals surface area contributed by atoms with Crippen molar-refractivity contribution in [3.05, 3.63) is 16.1 Å². The maximum absolute atomic E-state index is 4.64. The van der Waals surface area contributed by atoms with Crippen molar-refractivity contribution in [1.82, 2.24) is 15.6 Å². The van der Waals surface area contributed by atoms with Gasteiger partial charge in [0.25, 0.3) is 0 Å². The largest absolute Gasteiger partial charge is 0.356 e. The molecule has 1 aromatic rings. The minimum atomic E-state index is 0. The quantitative estimate of drug-likeness (QED) is 0.467. The highest BCUT2D eigenvalue weighted by Gasteiger charge is 2.17. The molecule has 6 heteroatoms. The SMILES string of the molecule is CCCNC(=NC)NCc1nc(C(C)(C)C)cs1.I. The van der Waals surface area contributed by atoms with Gasteiger partial charge in [-0.3, -0.25) is 4.99 Å². The van der Waals surface area contributed by atoms with Crippen LogP contribution in [-0.4, -0.2) is 24.5 Å². The molecule has 0 aromatic carbocycles. The van der Waals surface area contributed by atoms with E-state index in [1.165, 1.54) is 0 Å². The molecule has 19 heavy (non-hydrogen) atoms. The van der Waals surface area contributed by atoms with E-state index in [0.29, 0.717) is 0 Å². The molecule has 2 N–H and O–H groups in total. The van der Waals surface area contributed by atoms with Gasteiger partial charge in [-0.15, -0.1) is 35.3 Å². The first-order valence-corrected chi connectivity index (χ1v) is 7.24.